The SMILES string of the molecule is COC(=O)C1CCCN1c1c([N+](=O)[O-])c(C(C)C)nn1C. The van der Waals surface area contributed by atoms with E-state index in [4.69, 9.17) is 4.74 Å². The highest BCUT2D eigenvalue weighted by Gasteiger charge is 2.39. The summed E-state index contributed by atoms with van der Waals surface area (Å²) in [6, 6.07) is -0.482. The van der Waals surface area contributed by atoms with E-state index < -0.39 is 11.0 Å². The first-order chi connectivity index (χ1) is 9.88. The van der Waals surface area contributed by atoms with E-state index in [9.17, 15) is 14.9 Å². The monoisotopic (exact) mass is 296 g/mol. The highest BCUT2D eigenvalue weighted by atomic mass is 16.6. The summed E-state index contributed by atoms with van der Waals surface area (Å²) in [4.78, 5) is 24.7. The molecule has 2 rings (SSSR count). The number of nitrogens with zero attached hydrogens (tertiary/aromatic N) is 4. The van der Waals surface area contributed by atoms with Crippen molar-refractivity contribution in [3.63, 3.8) is 0 Å². The fourth-order valence-corrected chi connectivity index (χ4v) is 2.81. The lowest BCUT2D eigenvalue weighted by Gasteiger charge is -2.23. The third-order valence-corrected chi connectivity index (χ3v) is 3.75. The molecular weight excluding hydrogens is 276 g/mol. The van der Waals surface area contributed by atoms with E-state index in [1.54, 1.807) is 11.9 Å². The van der Waals surface area contributed by atoms with Crippen molar-refractivity contribution in [2.24, 2.45) is 7.05 Å². The quantitative estimate of drug-likeness (QED) is 0.476. The zero-order valence-electron chi connectivity index (χ0n) is 12.7. The molecule has 1 aromatic rings. The smallest absolute Gasteiger partial charge is 0.334 e. The average Bonchev–Trinajstić information content (AvgIpc) is 3.01. The second kappa shape index (κ2) is 5.71. The molecule has 1 fully saturated rings. The van der Waals surface area contributed by atoms with E-state index in [0.29, 0.717) is 24.5 Å². The summed E-state index contributed by atoms with van der Waals surface area (Å²) in [6.45, 7) is 4.31. The number of hydrogen-bond donors (Lipinski definition) is 0. The molecule has 1 atom stereocenters. The van der Waals surface area contributed by atoms with Crippen LogP contribution in [0.4, 0.5) is 11.5 Å². The molecule has 1 aliphatic rings. The number of aromatic nitrogens is 2. The van der Waals surface area contributed by atoms with E-state index in [-0.39, 0.29) is 17.6 Å². The van der Waals surface area contributed by atoms with Gasteiger partial charge in [0.1, 0.15) is 11.7 Å². The Morgan fingerprint density at radius 3 is 2.71 bits per heavy atom. The van der Waals surface area contributed by atoms with Crippen LogP contribution in [-0.2, 0) is 16.6 Å². The number of aryl methyl sites for hydroxylation is 1. The molecule has 1 aliphatic heterocycles. The molecule has 2 heterocycles. The van der Waals surface area contributed by atoms with Crippen LogP contribution in [0.2, 0.25) is 0 Å². The molecular formula is C13H20N4O4. The van der Waals surface area contributed by atoms with Crippen molar-refractivity contribution in [2.75, 3.05) is 18.6 Å². The van der Waals surface area contributed by atoms with Crippen LogP contribution in [0.25, 0.3) is 0 Å². The first-order valence-corrected chi connectivity index (χ1v) is 6.94. The van der Waals surface area contributed by atoms with E-state index in [0.717, 1.165) is 6.42 Å². The molecule has 1 aromatic heterocycles. The van der Waals surface area contributed by atoms with E-state index in [1.807, 2.05) is 13.8 Å². The van der Waals surface area contributed by atoms with Gasteiger partial charge in [0, 0.05) is 19.5 Å². The Labute approximate surface area is 122 Å². The minimum atomic E-state index is -0.482. The summed E-state index contributed by atoms with van der Waals surface area (Å²) in [5.74, 6) is -0.0461. The van der Waals surface area contributed by atoms with Crippen LogP contribution in [0.3, 0.4) is 0 Å². The number of methoxy groups -OCH3 is 1. The van der Waals surface area contributed by atoms with Crippen molar-refractivity contribution in [2.45, 2.75) is 38.6 Å². The van der Waals surface area contributed by atoms with Crippen molar-refractivity contribution in [3.05, 3.63) is 15.8 Å². The van der Waals surface area contributed by atoms with E-state index in [1.165, 1.54) is 11.8 Å². The van der Waals surface area contributed by atoms with Gasteiger partial charge in [-0.25, -0.2) is 9.48 Å². The zero-order chi connectivity index (χ0) is 15.7. The lowest BCUT2D eigenvalue weighted by Crippen LogP contribution is -2.38. The van der Waals surface area contributed by atoms with Crippen LogP contribution in [0.5, 0.6) is 0 Å². The van der Waals surface area contributed by atoms with Crippen LogP contribution in [0.15, 0.2) is 0 Å². The van der Waals surface area contributed by atoms with Gasteiger partial charge in [0.15, 0.2) is 0 Å². The van der Waals surface area contributed by atoms with Gasteiger partial charge in [-0.3, -0.25) is 10.1 Å². The summed E-state index contributed by atoms with van der Waals surface area (Å²) in [5, 5.41) is 15.7. The number of carbonyl (C=O) groups excluding carboxylic acids is 1. The number of nitro groups is 1. The van der Waals surface area contributed by atoms with Crippen molar-refractivity contribution in [1.29, 1.82) is 0 Å². The summed E-state index contributed by atoms with van der Waals surface area (Å²) in [6.07, 6.45) is 1.42. The molecule has 21 heavy (non-hydrogen) atoms. The van der Waals surface area contributed by atoms with Gasteiger partial charge in [0.2, 0.25) is 5.82 Å². The Balaban J connectivity index is 2.52. The zero-order valence-corrected chi connectivity index (χ0v) is 12.7. The number of carbonyl (C=O) groups is 1. The van der Waals surface area contributed by atoms with Gasteiger partial charge in [-0.05, 0) is 12.8 Å². The first-order valence-electron chi connectivity index (χ1n) is 6.94. The Morgan fingerprint density at radius 1 is 1.52 bits per heavy atom. The molecule has 0 spiro atoms. The lowest BCUT2D eigenvalue weighted by molar-refractivity contribution is -0.385. The molecule has 8 heteroatoms. The standard InChI is InChI=1S/C13H20N4O4/c1-8(2)10-11(17(19)20)12(15(3)14-10)16-7-5-6-9(16)13(18)21-4/h8-9H,5-7H2,1-4H3. The van der Waals surface area contributed by atoms with Crippen LogP contribution < -0.4 is 4.90 Å². The Kier molecular flexibility index (Phi) is 4.15. The number of esters is 1. The molecule has 0 bridgehead atoms. The van der Waals surface area contributed by atoms with Crippen LogP contribution in [0.1, 0.15) is 38.3 Å². The third kappa shape index (κ3) is 2.57. The molecule has 8 nitrogen and oxygen atoms in total. The molecule has 0 amide bonds. The Hall–Kier alpha value is -2.12. The molecule has 0 saturated carbocycles. The lowest BCUT2D eigenvalue weighted by atomic mass is 10.1. The number of ether oxygens (including phenoxy) is 1. The highest BCUT2D eigenvalue weighted by Crippen LogP contribution is 2.38. The maximum absolute atomic E-state index is 11.9. The largest absolute Gasteiger partial charge is 0.467 e. The van der Waals surface area contributed by atoms with Gasteiger partial charge in [-0.1, -0.05) is 13.8 Å². The summed E-state index contributed by atoms with van der Waals surface area (Å²) in [5.41, 5.74) is 0.427. The van der Waals surface area contributed by atoms with Gasteiger partial charge in [-0.15, -0.1) is 0 Å². The van der Waals surface area contributed by atoms with Gasteiger partial charge in [0.25, 0.3) is 0 Å². The van der Waals surface area contributed by atoms with Crippen molar-refractivity contribution in [3.8, 4) is 0 Å². The first kappa shape index (κ1) is 15.3. The Bertz CT molecular complexity index is 567. The summed E-state index contributed by atoms with van der Waals surface area (Å²) < 4.78 is 6.29. The van der Waals surface area contributed by atoms with E-state index >= 15 is 0 Å². The predicted octanol–water partition coefficient (Wildman–Crippen LogP) is 1.59. The summed E-state index contributed by atoms with van der Waals surface area (Å²) in [7, 11) is 3.00. The Morgan fingerprint density at radius 2 is 2.19 bits per heavy atom. The number of hydrogen-bond acceptors (Lipinski definition) is 6. The predicted molar refractivity (Wildman–Crippen MR) is 76.3 cm³/mol. The van der Waals surface area contributed by atoms with Gasteiger partial charge in [0.05, 0.1) is 12.0 Å². The fraction of sp³-hybridized carbons (Fsp3) is 0.692. The van der Waals surface area contributed by atoms with Crippen molar-refractivity contribution >= 4 is 17.5 Å². The molecule has 0 radical (unpaired) electrons. The molecule has 1 unspecified atom stereocenters. The van der Waals surface area contributed by atoms with Crippen LogP contribution in [0, 0.1) is 10.1 Å². The second-order valence-corrected chi connectivity index (χ2v) is 5.47. The van der Waals surface area contributed by atoms with Gasteiger partial charge >= 0.3 is 11.7 Å². The minimum absolute atomic E-state index is 0.0108. The van der Waals surface area contributed by atoms with Gasteiger partial charge < -0.3 is 9.64 Å². The minimum Gasteiger partial charge on any atom is -0.467 e. The normalized spacial score (nSPS) is 18.3. The fourth-order valence-electron chi connectivity index (χ4n) is 2.81. The molecule has 0 N–H and O–H groups in total. The van der Waals surface area contributed by atoms with Gasteiger partial charge in [-0.2, -0.15) is 5.10 Å². The molecule has 0 aliphatic carbocycles. The van der Waals surface area contributed by atoms with Crippen molar-refractivity contribution < 1.29 is 14.5 Å². The second-order valence-electron chi connectivity index (χ2n) is 5.47. The molecule has 0 aromatic carbocycles. The number of anilines is 1. The van der Waals surface area contributed by atoms with Crippen molar-refractivity contribution in [1.82, 2.24) is 9.78 Å². The number of rotatable bonds is 4. The maximum atomic E-state index is 11.9. The molecule has 116 valence electrons. The van der Waals surface area contributed by atoms with Crippen LogP contribution >= 0.6 is 0 Å². The maximum Gasteiger partial charge on any atom is 0.334 e. The molecule has 1 saturated heterocycles. The van der Waals surface area contributed by atoms with Crippen LogP contribution in [-0.4, -0.2) is 40.4 Å². The average molecular weight is 296 g/mol. The topological polar surface area (TPSA) is 90.5 Å². The summed E-state index contributed by atoms with van der Waals surface area (Å²) >= 11 is 0. The highest BCUT2D eigenvalue weighted by molar-refractivity contribution is 5.82. The third-order valence-electron chi connectivity index (χ3n) is 3.75. The van der Waals surface area contributed by atoms with E-state index in [2.05, 4.69) is 5.10 Å².